The zero-order chi connectivity index (χ0) is 19.4. The lowest BCUT2D eigenvalue weighted by molar-refractivity contribution is -0.137. The van der Waals surface area contributed by atoms with Crippen molar-refractivity contribution in [1.29, 1.82) is 0 Å². The van der Waals surface area contributed by atoms with E-state index in [9.17, 15) is 13.2 Å². The largest absolute Gasteiger partial charge is 0.416 e. The van der Waals surface area contributed by atoms with Gasteiger partial charge in [-0.15, -0.1) is 0 Å². The average molecular weight is 415 g/mol. The first-order valence-electron chi connectivity index (χ1n) is 8.37. The van der Waals surface area contributed by atoms with Crippen LogP contribution in [0.1, 0.15) is 11.1 Å². The second-order valence-corrected chi connectivity index (χ2v) is 7.04. The van der Waals surface area contributed by atoms with Gasteiger partial charge < -0.3 is 10.2 Å². The van der Waals surface area contributed by atoms with Crippen LogP contribution >= 0.6 is 23.8 Å². The second kappa shape index (κ2) is 8.41. The summed E-state index contributed by atoms with van der Waals surface area (Å²) in [6.07, 6.45) is -0.895. The van der Waals surface area contributed by atoms with Crippen molar-refractivity contribution in [1.82, 2.24) is 14.8 Å². The molecule has 0 unspecified atom stereocenters. The van der Waals surface area contributed by atoms with Gasteiger partial charge in [0, 0.05) is 45.1 Å². The maximum Gasteiger partial charge on any atom is 0.416 e. The fourth-order valence-corrected chi connectivity index (χ4v) is 3.30. The Balaban J connectivity index is 1.57. The summed E-state index contributed by atoms with van der Waals surface area (Å²) in [7, 11) is 0. The van der Waals surface area contributed by atoms with Crippen molar-refractivity contribution in [3.05, 3.63) is 58.9 Å². The van der Waals surface area contributed by atoms with Crippen LogP contribution in [0.5, 0.6) is 0 Å². The third kappa shape index (κ3) is 5.31. The SMILES string of the molecule is FC(F)(F)c1ccc(Cl)c(NC(=S)N2CCN(Cc3ccncc3)CC2)c1. The Hall–Kier alpha value is -1.90. The molecule has 1 aromatic carbocycles. The zero-order valence-electron chi connectivity index (χ0n) is 14.3. The molecule has 0 radical (unpaired) electrons. The van der Waals surface area contributed by atoms with Gasteiger partial charge in [0.05, 0.1) is 16.3 Å². The van der Waals surface area contributed by atoms with Crippen LogP contribution in [-0.4, -0.2) is 46.1 Å². The van der Waals surface area contributed by atoms with Crippen molar-refractivity contribution < 1.29 is 13.2 Å². The van der Waals surface area contributed by atoms with E-state index in [1.54, 1.807) is 12.4 Å². The molecule has 1 aliphatic heterocycles. The van der Waals surface area contributed by atoms with Crippen molar-refractivity contribution in [2.75, 3.05) is 31.5 Å². The van der Waals surface area contributed by atoms with E-state index in [0.29, 0.717) is 18.2 Å². The van der Waals surface area contributed by atoms with Gasteiger partial charge in [0.1, 0.15) is 0 Å². The molecule has 4 nitrogen and oxygen atoms in total. The first-order chi connectivity index (χ1) is 12.8. The number of halogens is 4. The Bertz CT molecular complexity index is 793. The number of hydrogen-bond donors (Lipinski definition) is 1. The molecule has 9 heteroatoms. The van der Waals surface area contributed by atoms with Crippen LogP contribution in [0.3, 0.4) is 0 Å². The summed E-state index contributed by atoms with van der Waals surface area (Å²) in [6, 6.07) is 7.12. The van der Waals surface area contributed by atoms with Gasteiger partial charge in [0.25, 0.3) is 0 Å². The van der Waals surface area contributed by atoms with E-state index in [2.05, 4.69) is 15.2 Å². The van der Waals surface area contributed by atoms with Crippen molar-refractivity contribution in [3.63, 3.8) is 0 Å². The molecule has 3 rings (SSSR count). The lowest BCUT2D eigenvalue weighted by atomic mass is 10.2. The van der Waals surface area contributed by atoms with Crippen molar-refractivity contribution in [2.45, 2.75) is 12.7 Å². The van der Waals surface area contributed by atoms with Crippen LogP contribution in [-0.2, 0) is 12.7 Å². The van der Waals surface area contributed by atoms with Gasteiger partial charge in [-0.25, -0.2) is 0 Å². The lowest BCUT2D eigenvalue weighted by Gasteiger charge is -2.36. The molecule has 0 atom stereocenters. The first kappa shape index (κ1) is 19.9. The summed E-state index contributed by atoms with van der Waals surface area (Å²) in [4.78, 5) is 8.25. The molecule has 144 valence electrons. The molecule has 2 heterocycles. The molecular formula is C18H18ClF3N4S. The molecule has 0 aliphatic carbocycles. The number of benzene rings is 1. The number of nitrogens with zero attached hydrogens (tertiary/aromatic N) is 3. The maximum absolute atomic E-state index is 12.9. The minimum atomic E-state index is -4.43. The van der Waals surface area contributed by atoms with Crippen molar-refractivity contribution in [2.24, 2.45) is 0 Å². The molecule has 0 saturated carbocycles. The molecule has 27 heavy (non-hydrogen) atoms. The highest BCUT2D eigenvalue weighted by atomic mass is 35.5. The number of aromatic nitrogens is 1. The molecule has 1 aromatic heterocycles. The fourth-order valence-electron chi connectivity index (χ4n) is 2.85. The number of rotatable bonds is 3. The number of hydrogen-bond acceptors (Lipinski definition) is 3. The minimum Gasteiger partial charge on any atom is -0.346 e. The highest BCUT2D eigenvalue weighted by Crippen LogP contribution is 2.34. The zero-order valence-corrected chi connectivity index (χ0v) is 15.9. The van der Waals surface area contributed by atoms with Gasteiger partial charge >= 0.3 is 6.18 Å². The first-order valence-corrected chi connectivity index (χ1v) is 9.15. The highest BCUT2D eigenvalue weighted by molar-refractivity contribution is 7.80. The molecule has 0 bridgehead atoms. The number of alkyl halides is 3. The molecule has 2 aromatic rings. The van der Waals surface area contributed by atoms with Crippen LogP contribution in [0.25, 0.3) is 0 Å². The van der Waals surface area contributed by atoms with Gasteiger partial charge in [0.2, 0.25) is 0 Å². The van der Waals surface area contributed by atoms with E-state index in [4.69, 9.17) is 23.8 Å². The van der Waals surface area contributed by atoms with E-state index < -0.39 is 11.7 Å². The van der Waals surface area contributed by atoms with Crippen molar-refractivity contribution >= 4 is 34.6 Å². The predicted octanol–water partition coefficient (Wildman–Crippen LogP) is 4.27. The topological polar surface area (TPSA) is 31.4 Å². The standard InChI is InChI=1S/C18H18ClF3N4S/c19-15-2-1-14(18(20,21)22)11-16(15)24-17(27)26-9-7-25(8-10-26)12-13-3-5-23-6-4-13/h1-6,11H,7-10,12H2,(H,24,27). The van der Waals surface area contributed by atoms with Crippen LogP contribution in [0, 0.1) is 0 Å². The normalized spacial score (nSPS) is 15.6. The molecule has 1 saturated heterocycles. The van der Waals surface area contributed by atoms with Crippen LogP contribution in [0.4, 0.5) is 18.9 Å². The number of anilines is 1. The van der Waals surface area contributed by atoms with Crippen LogP contribution in [0.2, 0.25) is 5.02 Å². The van der Waals surface area contributed by atoms with Gasteiger partial charge in [-0.05, 0) is 48.1 Å². The van der Waals surface area contributed by atoms with Gasteiger partial charge in [0.15, 0.2) is 5.11 Å². The second-order valence-electron chi connectivity index (χ2n) is 6.24. The number of piperazine rings is 1. The Morgan fingerprint density at radius 2 is 1.78 bits per heavy atom. The van der Waals surface area contributed by atoms with E-state index in [0.717, 1.165) is 31.8 Å². The lowest BCUT2D eigenvalue weighted by Crippen LogP contribution is -2.49. The molecule has 1 aliphatic rings. The molecule has 1 N–H and O–H groups in total. The van der Waals surface area contributed by atoms with Crippen LogP contribution in [0.15, 0.2) is 42.7 Å². The van der Waals surface area contributed by atoms with Crippen LogP contribution < -0.4 is 5.32 Å². The fraction of sp³-hybridized carbons (Fsp3) is 0.333. The Morgan fingerprint density at radius 3 is 2.41 bits per heavy atom. The molecular weight excluding hydrogens is 397 g/mol. The summed E-state index contributed by atoms with van der Waals surface area (Å²) in [5.41, 5.74) is 0.588. The Kier molecular flexibility index (Phi) is 6.18. The Labute approximate surface area is 165 Å². The van der Waals surface area contributed by atoms with E-state index in [1.165, 1.54) is 11.6 Å². The molecule has 1 fully saturated rings. The molecule has 0 amide bonds. The van der Waals surface area contributed by atoms with Gasteiger partial charge in [-0.3, -0.25) is 9.88 Å². The van der Waals surface area contributed by atoms with E-state index >= 15 is 0 Å². The third-order valence-corrected chi connectivity index (χ3v) is 5.04. The highest BCUT2D eigenvalue weighted by Gasteiger charge is 2.31. The number of pyridine rings is 1. The summed E-state index contributed by atoms with van der Waals surface area (Å²) in [6.45, 7) is 3.82. The van der Waals surface area contributed by atoms with E-state index in [-0.39, 0.29) is 10.7 Å². The summed E-state index contributed by atoms with van der Waals surface area (Å²) < 4.78 is 38.7. The summed E-state index contributed by atoms with van der Waals surface area (Å²) in [5.74, 6) is 0. The monoisotopic (exact) mass is 414 g/mol. The average Bonchev–Trinajstić information content (AvgIpc) is 2.64. The number of nitrogens with one attached hydrogen (secondary N) is 1. The Morgan fingerprint density at radius 1 is 1.11 bits per heavy atom. The smallest absolute Gasteiger partial charge is 0.346 e. The van der Waals surface area contributed by atoms with E-state index in [1.807, 2.05) is 17.0 Å². The van der Waals surface area contributed by atoms with Gasteiger partial charge in [-0.2, -0.15) is 13.2 Å². The summed E-state index contributed by atoms with van der Waals surface area (Å²) >= 11 is 11.4. The molecule has 0 spiro atoms. The predicted molar refractivity (Wildman–Crippen MR) is 104 cm³/mol. The third-order valence-electron chi connectivity index (χ3n) is 4.35. The minimum absolute atomic E-state index is 0.163. The quantitative estimate of drug-likeness (QED) is 0.758. The number of thiocarbonyl (C=S) groups is 1. The summed E-state index contributed by atoms with van der Waals surface area (Å²) in [5, 5.41) is 3.43. The van der Waals surface area contributed by atoms with Gasteiger partial charge in [-0.1, -0.05) is 11.6 Å². The maximum atomic E-state index is 12.9. The van der Waals surface area contributed by atoms with Crippen molar-refractivity contribution in [3.8, 4) is 0 Å².